The Morgan fingerprint density at radius 3 is 3.25 bits per heavy atom. The van der Waals surface area contributed by atoms with Crippen molar-refractivity contribution in [1.82, 2.24) is 10.3 Å². The standard InChI is InChI=1S/C12H16N4/c1-16(9-11-5-3-6-14-11)12-10(8-13)4-2-7-15-12/h2,4,7,11,14H,3,5-6,9H2,1H3/t11-/m1/s1. The number of nitrogens with zero attached hydrogens (tertiary/aromatic N) is 3. The van der Waals surface area contributed by atoms with E-state index in [0.29, 0.717) is 11.6 Å². The van der Waals surface area contributed by atoms with Crippen LogP contribution < -0.4 is 10.2 Å². The molecule has 0 saturated carbocycles. The minimum Gasteiger partial charge on any atom is -0.357 e. The summed E-state index contributed by atoms with van der Waals surface area (Å²) in [6, 6.07) is 6.31. The van der Waals surface area contributed by atoms with E-state index < -0.39 is 0 Å². The zero-order valence-electron chi connectivity index (χ0n) is 9.48. The van der Waals surface area contributed by atoms with Crippen molar-refractivity contribution in [2.75, 3.05) is 25.0 Å². The zero-order chi connectivity index (χ0) is 11.4. The monoisotopic (exact) mass is 216 g/mol. The maximum atomic E-state index is 9.00. The summed E-state index contributed by atoms with van der Waals surface area (Å²) < 4.78 is 0. The van der Waals surface area contributed by atoms with Gasteiger partial charge in [0.25, 0.3) is 0 Å². The summed E-state index contributed by atoms with van der Waals surface area (Å²) in [7, 11) is 1.99. The number of rotatable bonds is 3. The minimum absolute atomic E-state index is 0.526. The first-order chi connectivity index (χ1) is 7.81. The molecule has 1 aromatic heterocycles. The van der Waals surface area contributed by atoms with Gasteiger partial charge in [-0.25, -0.2) is 4.98 Å². The van der Waals surface area contributed by atoms with Crippen molar-refractivity contribution in [3.8, 4) is 6.07 Å². The van der Waals surface area contributed by atoms with Crippen molar-refractivity contribution >= 4 is 5.82 Å². The smallest absolute Gasteiger partial charge is 0.146 e. The van der Waals surface area contributed by atoms with Crippen LogP contribution in [0.1, 0.15) is 18.4 Å². The molecule has 4 nitrogen and oxygen atoms in total. The highest BCUT2D eigenvalue weighted by atomic mass is 15.2. The number of nitrogens with one attached hydrogen (secondary N) is 1. The highest BCUT2D eigenvalue weighted by molar-refractivity contribution is 5.52. The van der Waals surface area contributed by atoms with Crippen LogP contribution in [0.3, 0.4) is 0 Å². The molecule has 2 rings (SSSR count). The highest BCUT2D eigenvalue weighted by Crippen LogP contribution is 2.16. The van der Waals surface area contributed by atoms with E-state index in [2.05, 4.69) is 21.3 Å². The van der Waals surface area contributed by atoms with E-state index in [0.717, 1.165) is 18.9 Å². The van der Waals surface area contributed by atoms with Crippen molar-refractivity contribution in [1.29, 1.82) is 5.26 Å². The fourth-order valence-electron chi connectivity index (χ4n) is 2.12. The second-order valence-corrected chi connectivity index (χ2v) is 4.16. The van der Waals surface area contributed by atoms with Crippen molar-refractivity contribution in [3.63, 3.8) is 0 Å². The molecule has 2 heterocycles. The van der Waals surface area contributed by atoms with Gasteiger partial charge in [0, 0.05) is 25.8 Å². The van der Waals surface area contributed by atoms with Crippen molar-refractivity contribution < 1.29 is 0 Å². The first kappa shape index (κ1) is 10.9. The van der Waals surface area contributed by atoms with Crippen LogP contribution in [0.25, 0.3) is 0 Å². The van der Waals surface area contributed by atoms with E-state index in [9.17, 15) is 0 Å². The molecule has 0 bridgehead atoms. The number of anilines is 1. The van der Waals surface area contributed by atoms with E-state index in [4.69, 9.17) is 5.26 Å². The average molecular weight is 216 g/mol. The molecule has 1 aromatic rings. The van der Waals surface area contributed by atoms with Crippen LogP contribution in [-0.4, -0.2) is 31.2 Å². The number of nitriles is 1. The van der Waals surface area contributed by atoms with E-state index in [1.807, 2.05) is 7.05 Å². The minimum atomic E-state index is 0.526. The van der Waals surface area contributed by atoms with E-state index >= 15 is 0 Å². The summed E-state index contributed by atoms with van der Waals surface area (Å²) in [5.41, 5.74) is 0.642. The molecule has 1 saturated heterocycles. The predicted octanol–water partition coefficient (Wildman–Crippen LogP) is 1.14. The maximum absolute atomic E-state index is 9.00. The van der Waals surface area contributed by atoms with Crippen molar-refractivity contribution in [2.45, 2.75) is 18.9 Å². The van der Waals surface area contributed by atoms with Crippen LogP contribution in [0.5, 0.6) is 0 Å². The van der Waals surface area contributed by atoms with Crippen molar-refractivity contribution in [2.24, 2.45) is 0 Å². The number of hydrogen-bond acceptors (Lipinski definition) is 4. The lowest BCUT2D eigenvalue weighted by Crippen LogP contribution is -2.36. The molecule has 0 amide bonds. The lowest BCUT2D eigenvalue weighted by molar-refractivity contribution is 0.597. The van der Waals surface area contributed by atoms with Gasteiger partial charge >= 0.3 is 0 Å². The Bertz CT molecular complexity index is 390. The van der Waals surface area contributed by atoms with Crippen LogP contribution in [0.15, 0.2) is 18.3 Å². The van der Waals surface area contributed by atoms with Gasteiger partial charge in [0.15, 0.2) is 0 Å². The SMILES string of the molecule is CN(C[C@H]1CCCN1)c1ncccc1C#N. The van der Waals surface area contributed by atoms with Crippen LogP contribution in [0.2, 0.25) is 0 Å². The second-order valence-electron chi connectivity index (χ2n) is 4.16. The van der Waals surface area contributed by atoms with E-state index in [-0.39, 0.29) is 0 Å². The molecule has 1 atom stereocenters. The van der Waals surface area contributed by atoms with Crippen LogP contribution in [-0.2, 0) is 0 Å². The topological polar surface area (TPSA) is 52.0 Å². The first-order valence-corrected chi connectivity index (χ1v) is 5.61. The number of pyridine rings is 1. The molecule has 1 aliphatic rings. The molecular formula is C12H16N4. The van der Waals surface area contributed by atoms with Crippen LogP contribution >= 0.6 is 0 Å². The molecule has 0 radical (unpaired) electrons. The Balaban J connectivity index is 2.08. The fraction of sp³-hybridized carbons (Fsp3) is 0.500. The molecule has 0 aliphatic carbocycles. The Morgan fingerprint density at radius 2 is 2.56 bits per heavy atom. The zero-order valence-corrected chi connectivity index (χ0v) is 9.48. The third-order valence-electron chi connectivity index (χ3n) is 2.93. The third-order valence-corrected chi connectivity index (χ3v) is 2.93. The highest BCUT2D eigenvalue weighted by Gasteiger charge is 2.17. The normalized spacial score (nSPS) is 19.4. The number of hydrogen-bond donors (Lipinski definition) is 1. The largest absolute Gasteiger partial charge is 0.357 e. The summed E-state index contributed by atoms with van der Waals surface area (Å²) in [5.74, 6) is 0.777. The molecule has 1 aliphatic heterocycles. The van der Waals surface area contributed by atoms with Crippen LogP contribution in [0.4, 0.5) is 5.82 Å². The van der Waals surface area contributed by atoms with E-state index in [1.165, 1.54) is 12.8 Å². The number of likely N-dealkylation sites (N-methyl/N-ethyl adjacent to an activating group) is 1. The fourth-order valence-corrected chi connectivity index (χ4v) is 2.12. The molecule has 0 aromatic carbocycles. The molecule has 0 spiro atoms. The average Bonchev–Trinajstić information content (AvgIpc) is 2.81. The molecule has 0 unspecified atom stereocenters. The molecular weight excluding hydrogens is 200 g/mol. The summed E-state index contributed by atoms with van der Waals surface area (Å²) >= 11 is 0. The van der Waals surface area contributed by atoms with Gasteiger partial charge in [0.2, 0.25) is 0 Å². The lowest BCUT2D eigenvalue weighted by atomic mass is 10.2. The van der Waals surface area contributed by atoms with Crippen molar-refractivity contribution in [3.05, 3.63) is 23.9 Å². The van der Waals surface area contributed by atoms with Gasteiger partial charge in [0.05, 0.1) is 5.56 Å². The van der Waals surface area contributed by atoms with Gasteiger partial charge in [0.1, 0.15) is 11.9 Å². The van der Waals surface area contributed by atoms with Gasteiger partial charge in [-0.05, 0) is 31.5 Å². The third kappa shape index (κ3) is 2.31. The Morgan fingerprint density at radius 1 is 1.69 bits per heavy atom. The second kappa shape index (κ2) is 4.95. The van der Waals surface area contributed by atoms with Gasteiger partial charge in [-0.2, -0.15) is 5.26 Å². The summed E-state index contributed by atoms with van der Waals surface area (Å²) in [6.07, 6.45) is 4.18. The summed E-state index contributed by atoms with van der Waals surface area (Å²) in [5, 5.41) is 12.4. The quantitative estimate of drug-likeness (QED) is 0.823. The van der Waals surface area contributed by atoms with Crippen LogP contribution in [0, 0.1) is 11.3 Å². The molecule has 16 heavy (non-hydrogen) atoms. The van der Waals surface area contributed by atoms with Gasteiger partial charge in [-0.1, -0.05) is 0 Å². The maximum Gasteiger partial charge on any atom is 0.146 e. The molecule has 84 valence electrons. The van der Waals surface area contributed by atoms with Gasteiger partial charge < -0.3 is 10.2 Å². The number of aromatic nitrogens is 1. The Kier molecular flexibility index (Phi) is 3.37. The van der Waals surface area contributed by atoms with Gasteiger partial charge in [-0.15, -0.1) is 0 Å². The first-order valence-electron chi connectivity index (χ1n) is 5.61. The molecule has 4 heteroatoms. The molecule has 1 N–H and O–H groups in total. The molecule has 1 fully saturated rings. The van der Waals surface area contributed by atoms with E-state index in [1.54, 1.807) is 18.3 Å². The lowest BCUT2D eigenvalue weighted by Gasteiger charge is -2.22. The Hall–Kier alpha value is -1.60. The predicted molar refractivity (Wildman–Crippen MR) is 63.2 cm³/mol. The van der Waals surface area contributed by atoms with Gasteiger partial charge in [-0.3, -0.25) is 0 Å². The summed E-state index contributed by atoms with van der Waals surface area (Å²) in [4.78, 5) is 6.32. The Labute approximate surface area is 95.9 Å². The summed E-state index contributed by atoms with van der Waals surface area (Å²) in [6.45, 7) is 2.01.